The first-order valence-corrected chi connectivity index (χ1v) is 9.40. The summed E-state index contributed by atoms with van der Waals surface area (Å²) < 4.78 is 33.7. The number of fused-ring (bicyclic) bond motifs is 2. The normalized spacial score (nSPS) is 19.8. The molecule has 1 aromatic heterocycles. The number of aromatic nitrogens is 1. The molecule has 3 heterocycles. The van der Waals surface area contributed by atoms with Crippen molar-refractivity contribution in [3.63, 3.8) is 0 Å². The smallest absolute Gasteiger partial charge is 0.276 e. The molecular formula is C20H19F2N3NaO5. The van der Waals surface area contributed by atoms with Gasteiger partial charge in [-0.2, -0.15) is 0 Å². The molecule has 2 N–H and O–H groups in total. The van der Waals surface area contributed by atoms with Crippen LogP contribution in [0.3, 0.4) is 0 Å². The molecule has 2 aliphatic rings. The van der Waals surface area contributed by atoms with E-state index in [4.69, 9.17) is 4.74 Å². The Balaban J connectivity index is 0.00000272. The molecule has 2 aliphatic heterocycles. The third-order valence-electron chi connectivity index (χ3n) is 5.38. The van der Waals surface area contributed by atoms with Crippen molar-refractivity contribution in [1.82, 2.24) is 14.8 Å². The van der Waals surface area contributed by atoms with Crippen LogP contribution in [0, 0.1) is 11.6 Å². The minimum atomic E-state index is -1.00. The fraction of sp³-hybridized carbons (Fsp3) is 0.350. The fourth-order valence-corrected chi connectivity index (χ4v) is 3.76. The van der Waals surface area contributed by atoms with Crippen LogP contribution in [0.25, 0.3) is 0 Å². The van der Waals surface area contributed by atoms with Gasteiger partial charge >= 0.3 is 0 Å². The van der Waals surface area contributed by atoms with Crippen molar-refractivity contribution in [2.75, 3.05) is 6.61 Å². The van der Waals surface area contributed by atoms with E-state index >= 15 is 0 Å². The van der Waals surface area contributed by atoms with Crippen LogP contribution in [0.4, 0.5) is 8.78 Å². The van der Waals surface area contributed by atoms with Gasteiger partial charge in [0.25, 0.3) is 11.8 Å². The van der Waals surface area contributed by atoms with E-state index < -0.39 is 46.4 Å². The number of carbonyl (C=O) groups excluding carboxylic acids is 2. The fourth-order valence-electron chi connectivity index (χ4n) is 3.76. The first kappa shape index (κ1) is 23.4. The van der Waals surface area contributed by atoms with Gasteiger partial charge in [-0.25, -0.2) is 8.78 Å². The van der Waals surface area contributed by atoms with Crippen molar-refractivity contribution < 1.29 is 28.2 Å². The van der Waals surface area contributed by atoms with E-state index in [0.29, 0.717) is 19.1 Å². The molecule has 11 heteroatoms. The largest absolute Gasteiger partial charge is 0.503 e. The van der Waals surface area contributed by atoms with Crippen molar-refractivity contribution in [3.05, 3.63) is 63.1 Å². The molecule has 0 spiro atoms. The van der Waals surface area contributed by atoms with Crippen molar-refractivity contribution in [3.8, 4) is 5.75 Å². The Morgan fingerprint density at radius 1 is 1.32 bits per heavy atom. The number of carbonyl (C=O) groups is 2. The van der Waals surface area contributed by atoms with E-state index in [-0.39, 0.29) is 59.9 Å². The van der Waals surface area contributed by atoms with Crippen LogP contribution in [0.5, 0.6) is 5.75 Å². The maximum Gasteiger partial charge on any atom is 0.276 e. The number of benzene rings is 1. The molecule has 2 amide bonds. The van der Waals surface area contributed by atoms with E-state index in [1.807, 2.05) is 6.92 Å². The predicted molar refractivity (Wildman–Crippen MR) is 106 cm³/mol. The Hall–Kier alpha value is -2.27. The van der Waals surface area contributed by atoms with Crippen molar-refractivity contribution in [2.24, 2.45) is 0 Å². The third kappa shape index (κ3) is 4.25. The molecule has 159 valence electrons. The van der Waals surface area contributed by atoms with Gasteiger partial charge in [0.1, 0.15) is 17.2 Å². The van der Waals surface area contributed by atoms with E-state index in [0.717, 1.165) is 6.07 Å². The Morgan fingerprint density at radius 2 is 2.06 bits per heavy atom. The first-order valence-electron chi connectivity index (χ1n) is 9.40. The van der Waals surface area contributed by atoms with Crippen LogP contribution < -0.4 is 10.7 Å². The Kier molecular flexibility index (Phi) is 6.85. The van der Waals surface area contributed by atoms with Crippen LogP contribution in [-0.2, 0) is 17.8 Å². The summed E-state index contributed by atoms with van der Waals surface area (Å²) >= 11 is 0. The van der Waals surface area contributed by atoms with Gasteiger partial charge in [0.2, 0.25) is 5.43 Å². The summed E-state index contributed by atoms with van der Waals surface area (Å²) in [5, 5.41) is 12.7. The van der Waals surface area contributed by atoms with Crippen LogP contribution in [0.1, 0.15) is 39.8 Å². The van der Waals surface area contributed by atoms with Crippen LogP contribution >= 0.6 is 0 Å². The van der Waals surface area contributed by atoms with Gasteiger partial charge in [-0.3, -0.25) is 14.4 Å². The molecule has 2 atom stereocenters. The van der Waals surface area contributed by atoms with Gasteiger partial charge in [0, 0.05) is 60.0 Å². The Morgan fingerprint density at radius 3 is 2.77 bits per heavy atom. The minimum absolute atomic E-state index is 0. The number of hydrogen-bond donors (Lipinski definition) is 2. The number of pyridine rings is 1. The monoisotopic (exact) mass is 442 g/mol. The molecule has 2 aromatic rings. The summed E-state index contributed by atoms with van der Waals surface area (Å²) in [4.78, 5) is 39.4. The van der Waals surface area contributed by atoms with Crippen LogP contribution in [0.2, 0.25) is 0 Å². The summed E-state index contributed by atoms with van der Waals surface area (Å²) in [6.45, 7) is 2.18. The SMILES string of the molecule is C[C@@H]1CCO[C@H]2Cn3cc(C(=O)NCc4ccc(F)cc4F)c(=O)c(O)c3C(=O)N12.[Na]. The van der Waals surface area contributed by atoms with E-state index in [1.54, 1.807) is 0 Å². The Bertz CT molecular complexity index is 1110. The second-order valence-corrected chi connectivity index (χ2v) is 7.32. The van der Waals surface area contributed by atoms with E-state index in [2.05, 4.69) is 5.32 Å². The predicted octanol–water partition coefficient (Wildman–Crippen LogP) is 0.972. The minimum Gasteiger partial charge on any atom is -0.503 e. The maximum absolute atomic E-state index is 13.8. The number of rotatable bonds is 3. The van der Waals surface area contributed by atoms with E-state index in [9.17, 15) is 28.3 Å². The van der Waals surface area contributed by atoms with Crippen molar-refractivity contribution in [1.29, 1.82) is 0 Å². The molecule has 1 fully saturated rings. The zero-order valence-corrected chi connectivity index (χ0v) is 19.0. The molecule has 8 nitrogen and oxygen atoms in total. The molecule has 0 bridgehead atoms. The number of amides is 2. The average molecular weight is 442 g/mol. The molecule has 0 unspecified atom stereocenters. The average Bonchev–Trinajstić information content (AvgIpc) is 2.69. The van der Waals surface area contributed by atoms with Crippen LogP contribution in [-0.4, -0.2) is 74.8 Å². The van der Waals surface area contributed by atoms with Crippen molar-refractivity contribution >= 4 is 41.4 Å². The topological polar surface area (TPSA) is 101 Å². The number of nitrogens with zero attached hydrogens (tertiary/aromatic N) is 2. The van der Waals surface area contributed by atoms with Gasteiger partial charge in [0.15, 0.2) is 17.7 Å². The zero-order chi connectivity index (χ0) is 21.6. The van der Waals surface area contributed by atoms with Gasteiger partial charge in [-0.1, -0.05) is 6.07 Å². The first-order chi connectivity index (χ1) is 14.3. The third-order valence-corrected chi connectivity index (χ3v) is 5.38. The number of nitrogens with one attached hydrogen (secondary N) is 1. The van der Waals surface area contributed by atoms with E-state index in [1.165, 1.54) is 21.7 Å². The molecular weight excluding hydrogens is 423 g/mol. The number of hydrogen-bond acceptors (Lipinski definition) is 5. The molecule has 1 aromatic carbocycles. The van der Waals surface area contributed by atoms with Gasteiger partial charge in [-0.05, 0) is 19.4 Å². The maximum atomic E-state index is 13.8. The number of ether oxygens (including phenoxy) is 1. The molecule has 0 aliphatic carbocycles. The standard InChI is InChI=1S/C20H19F2N3O5.Na/c1-10-4-5-30-15-9-24-8-13(17(26)18(27)16(24)20(29)25(10)15)19(28)23-7-11-2-3-12(21)6-14(11)22;/h2-3,6,8,10,15,27H,4-5,7,9H2,1H3,(H,23,28);/t10-,15+;/m1./s1. The second-order valence-electron chi connectivity index (χ2n) is 7.32. The number of halogens is 2. The summed E-state index contributed by atoms with van der Waals surface area (Å²) in [5.41, 5.74) is -1.57. The van der Waals surface area contributed by atoms with Crippen LogP contribution in [0.15, 0.2) is 29.2 Å². The molecule has 0 saturated carbocycles. The van der Waals surface area contributed by atoms with Gasteiger partial charge in [-0.15, -0.1) is 0 Å². The quantitative estimate of drug-likeness (QED) is 0.691. The zero-order valence-electron chi connectivity index (χ0n) is 17.0. The van der Waals surface area contributed by atoms with Crippen molar-refractivity contribution in [2.45, 2.75) is 38.7 Å². The molecule has 1 saturated heterocycles. The molecule has 31 heavy (non-hydrogen) atoms. The second kappa shape index (κ2) is 9.07. The van der Waals surface area contributed by atoms with Gasteiger partial charge < -0.3 is 24.6 Å². The summed E-state index contributed by atoms with van der Waals surface area (Å²) in [5.74, 6) is -3.82. The van der Waals surface area contributed by atoms with Gasteiger partial charge in [0.05, 0.1) is 13.2 Å². The summed E-state index contributed by atoms with van der Waals surface area (Å²) in [6.07, 6.45) is 1.25. The number of aromatic hydroxyl groups is 1. The molecule has 4 rings (SSSR count). The summed E-state index contributed by atoms with van der Waals surface area (Å²) in [7, 11) is 0. The Labute approximate surface area is 198 Å². The summed E-state index contributed by atoms with van der Waals surface area (Å²) in [6, 6.07) is 2.79. The molecule has 1 radical (unpaired) electrons.